The second-order valence-electron chi connectivity index (χ2n) is 7.25. The van der Waals surface area contributed by atoms with Crippen LogP contribution in [0.5, 0.6) is 0 Å². The van der Waals surface area contributed by atoms with Gasteiger partial charge in [0.15, 0.2) is 0 Å². The first-order valence-corrected chi connectivity index (χ1v) is 10.3. The lowest BCUT2D eigenvalue weighted by atomic mass is 9.92. The molecule has 0 spiro atoms. The van der Waals surface area contributed by atoms with Gasteiger partial charge in [0.1, 0.15) is 0 Å². The van der Waals surface area contributed by atoms with Crippen molar-refractivity contribution in [3.63, 3.8) is 0 Å². The molecule has 2 aliphatic heterocycles. The summed E-state index contributed by atoms with van der Waals surface area (Å²) in [4.78, 5) is 2.70. The molecule has 0 bridgehead atoms. The van der Waals surface area contributed by atoms with Crippen molar-refractivity contribution in [3.8, 4) is 0 Å². The third kappa shape index (κ3) is 2.75. The lowest BCUT2D eigenvalue weighted by Gasteiger charge is -2.29. The molecule has 2 aliphatic rings. The minimum absolute atomic E-state index is 0.00644. The van der Waals surface area contributed by atoms with E-state index < -0.39 is 10.0 Å². The normalized spacial score (nSPS) is 23.8. The van der Waals surface area contributed by atoms with Crippen molar-refractivity contribution in [1.82, 2.24) is 4.90 Å². The molecule has 0 aliphatic carbocycles. The average molecular weight is 356 g/mol. The van der Waals surface area contributed by atoms with Crippen molar-refractivity contribution >= 4 is 15.7 Å². The Morgan fingerprint density at radius 3 is 2.60 bits per heavy atom. The Labute approximate surface area is 150 Å². The summed E-state index contributed by atoms with van der Waals surface area (Å²) >= 11 is 0. The quantitative estimate of drug-likeness (QED) is 0.828. The number of likely N-dealkylation sites (N-methyl/N-ethyl adjacent to an activating group) is 1. The molecule has 2 heterocycles. The fourth-order valence-corrected chi connectivity index (χ4v) is 6.03. The molecule has 0 radical (unpaired) electrons. The van der Waals surface area contributed by atoms with E-state index in [9.17, 15) is 8.42 Å². The summed E-state index contributed by atoms with van der Waals surface area (Å²) in [6, 6.07) is 15.0. The van der Waals surface area contributed by atoms with Crippen LogP contribution in [0.1, 0.15) is 29.9 Å². The van der Waals surface area contributed by atoms with Crippen molar-refractivity contribution < 1.29 is 8.42 Å². The molecule has 132 valence electrons. The predicted molar refractivity (Wildman–Crippen MR) is 101 cm³/mol. The third-order valence-corrected chi connectivity index (χ3v) is 7.29. The summed E-state index contributed by atoms with van der Waals surface area (Å²) < 4.78 is 28.6. The number of benzene rings is 2. The van der Waals surface area contributed by atoms with Gasteiger partial charge < -0.3 is 4.90 Å². The predicted octanol–water partition coefficient (Wildman–Crippen LogP) is 3.38. The topological polar surface area (TPSA) is 40.6 Å². The van der Waals surface area contributed by atoms with Gasteiger partial charge in [-0.05, 0) is 57.1 Å². The van der Waals surface area contributed by atoms with Crippen LogP contribution in [0.4, 0.5) is 5.69 Å². The molecule has 25 heavy (non-hydrogen) atoms. The molecule has 0 aromatic heterocycles. The molecule has 0 N–H and O–H groups in total. The first-order chi connectivity index (χ1) is 12.0. The monoisotopic (exact) mass is 356 g/mol. The maximum atomic E-state index is 13.4. The molecule has 0 saturated carbocycles. The second kappa shape index (κ2) is 6.15. The van der Waals surface area contributed by atoms with Crippen molar-refractivity contribution in [2.24, 2.45) is 0 Å². The van der Waals surface area contributed by atoms with E-state index in [4.69, 9.17) is 0 Å². The van der Waals surface area contributed by atoms with Gasteiger partial charge in [0.2, 0.25) is 0 Å². The van der Waals surface area contributed by atoms with Crippen LogP contribution in [0.15, 0.2) is 53.4 Å². The molecule has 4 rings (SSSR count). The Balaban J connectivity index is 1.87. The van der Waals surface area contributed by atoms with Crippen LogP contribution in [0, 0.1) is 6.92 Å². The average Bonchev–Trinajstić information content (AvgIpc) is 2.76. The summed E-state index contributed by atoms with van der Waals surface area (Å²) in [5, 5.41) is 0. The number of rotatable bonds is 2. The molecule has 1 unspecified atom stereocenters. The second-order valence-corrected chi connectivity index (χ2v) is 9.07. The van der Waals surface area contributed by atoms with Crippen LogP contribution in [0.25, 0.3) is 0 Å². The van der Waals surface area contributed by atoms with Gasteiger partial charge in [-0.2, -0.15) is 0 Å². The number of fused-ring (bicyclic) bond motifs is 3. The zero-order valence-electron chi connectivity index (χ0n) is 14.7. The Hall–Kier alpha value is -1.85. The van der Waals surface area contributed by atoms with E-state index in [1.54, 1.807) is 28.6 Å². The Morgan fingerprint density at radius 1 is 1.08 bits per heavy atom. The summed E-state index contributed by atoms with van der Waals surface area (Å²) in [5.74, 6) is 0.237. The standard InChI is InChI=1S/C20H24N2O2S/c1-15-10-11-20-17(13-15)18-14-21(2)12-6-9-19(18)22(20)25(23,24)16-7-4-3-5-8-16/h3-5,7-8,10-11,13,18-19H,6,9,12,14H2,1-2H3/t18-,19?/m1/s1. The van der Waals surface area contributed by atoms with Crippen molar-refractivity contribution in [2.75, 3.05) is 24.4 Å². The van der Waals surface area contributed by atoms with E-state index in [0.717, 1.165) is 31.6 Å². The van der Waals surface area contributed by atoms with Gasteiger partial charge in [-0.15, -0.1) is 0 Å². The van der Waals surface area contributed by atoms with Crippen LogP contribution in [0.2, 0.25) is 0 Å². The molecule has 2 atom stereocenters. The summed E-state index contributed by atoms with van der Waals surface area (Å²) in [6.07, 6.45) is 1.92. The molecule has 2 aromatic carbocycles. The smallest absolute Gasteiger partial charge is 0.264 e. The number of aryl methyl sites for hydroxylation is 1. The number of likely N-dealkylation sites (tertiary alicyclic amines) is 1. The number of anilines is 1. The summed E-state index contributed by atoms with van der Waals surface area (Å²) in [7, 11) is -1.42. The first-order valence-electron chi connectivity index (χ1n) is 8.87. The summed E-state index contributed by atoms with van der Waals surface area (Å²) in [5.41, 5.74) is 3.22. The zero-order chi connectivity index (χ0) is 17.6. The molecule has 1 saturated heterocycles. The molecule has 0 amide bonds. The molecule has 4 nitrogen and oxygen atoms in total. The van der Waals surface area contributed by atoms with E-state index >= 15 is 0 Å². The lowest BCUT2D eigenvalue weighted by Crippen LogP contribution is -2.40. The van der Waals surface area contributed by atoms with Crippen molar-refractivity contribution in [3.05, 3.63) is 59.7 Å². The van der Waals surface area contributed by atoms with Crippen molar-refractivity contribution in [2.45, 2.75) is 36.6 Å². The largest absolute Gasteiger partial charge is 0.306 e. The van der Waals surface area contributed by atoms with E-state index in [0.29, 0.717) is 4.90 Å². The highest BCUT2D eigenvalue weighted by Gasteiger charge is 2.45. The van der Waals surface area contributed by atoms with Crippen molar-refractivity contribution in [1.29, 1.82) is 0 Å². The molecule has 1 fully saturated rings. The Morgan fingerprint density at radius 2 is 1.84 bits per heavy atom. The molecule has 2 aromatic rings. The van der Waals surface area contributed by atoms with Gasteiger partial charge in [-0.1, -0.05) is 35.9 Å². The maximum absolute atomic E-state index is 13.4. The van der Waals surface area contributed by atoms with Gasteiger partial charge in [-0.25, -0.2) is 8.42 Å². The van der Waals surface area contributed by atoms with Crippen LogP contribution in [0.3, 0.4) is 0 Å². The number of sulfonamides is 1. The first kappa shape index (κ1) is 16.6. The molecule has 5 heteroatoms. The Kier molecular flexibility index (Phi) is 4.08. The van der Waals surface area contributed by atoms with Gasteiger partial charge in [-0.3, -0.25) is 4.31 Å². The number of hydrogen-bond donors (Lipinski definition) is 0. The van der Waals surface area contributed by atoms with Gasteiger partial charge in [0.05, 0.1) is 16.6 Å². The minimum atomic E-state index is -3.55. The van der Waals surface area contributed by atoms with E-state index in [2.05, 4.69) is 24.9 Å². The number of nitrogens with zero attached hydrogens (tertiary/aromatic N) is 2. The van der Waals surface area contributed by atoms with Gasteiger partial charge >= 0.3 is 0 Å². The zero-order valence-corrected chi connectivity index (χ0v) is 15.5. The van der Waals surface area contributed by atoms with E-state index in [-0.39, 0.29) is 12.0 Å². The van der Waals surface area contributed by atoms with Gasteiger partial charge in [0.25, 0.3) is 10.0 Å². The molecular weight excluding hydrogens is 332 g/mol. The highest BCUT2D eigenvalue weighted by atomic mass is 32.2. The van der Waals surface area contributed by atoms with Crippen LogP contribution < -0.4 is 4.31 Å². The fraction of sp³-hybridized carbons (Fsp3) is 0.400. The number of hydrogen-bond acceptors (Lipinski definition) is 3. The minimum Gasteiger partial charge on any atom is -0.306 e. The fourth-order valence-electron chi connectivity index (χ4n) is 4.27. The van der Waals surface area contributed by atoms with Crippen LogP contribution in [-0.2, 0) is 10.0 Å². The van der Waals surface area contributed by atoms with E-state index in [1.807, 2.05) is 18.2 Å². The van der Waals surface area contributed by atoms with Crippen LogP contribution >= 0.6 is 0 Å². The lowest BCUT2D eigenvalue weighted by molar-refractivity contribution is 0.331. The third-order valence-electron chi connectivity index (χ3n) is 5.43. The highest BCUT2D eigenvalue weighted by molar-refractivity contribution is 7.92. The SMILES string of the molecule is Cc1ccc2c(c1)[C@H]1CN(C)CCCC1N2S(=O)(=O)c1ccccc1. The van der Waals surface area contributed by atoms with Gasteiger partial charge in [0, 0.05) is 12.5 Å². The van der Waals surface area contributed by atoms with Crippen LogP contribution in [-0.4, -0.2) is 39.5 Å². The highest BCUT2D eigenvalue weighted by Crippen LogP contribution is 2.47. The summed E-state index contributed by atoms with van der Waals surface area (Å²) in [6.45, 7) is 4.00. The maximum Gasteiger partial charge on any atom is 0.264 e. The Bertz CT molecular complexity index is 880. The molecular formula is C20H24N2O2S. The van der Waals surface area contributed by atoms with E-state index in [1.165, 1.54) is 11.1 Å².